The quantitative estimate of drug-likeness (QED) is 0.199. The second kappa shape index (κ2) is 10.2. The molecule has 2 aliphatic heterocycles. The summed E-state index contributed by atoms with van der Waals surface area (Å²) in [5.74, 6) is -0.00686. The van der Waals surface area contributed by atoms with Crippen molar-refractivity contribution in [3.05, 3.63) is 140 Å². The van der Waals surface area contributed by atoms with Crippen molar-refractivity contribution in [3.63, 3.8) is 0 Å². The van der Waals surface area contributed by atoms with E-state index in [4.69, 9.17) is 39.5 Å². The van der Waals surface area contributed by atoms with Gasteiger partial charge in [-0.1, -0.05) is 95.5 Å². The van der Waals surface area contributed by atoms with E-state index in [-0.39, 0.29) is 5.91 Å². The van der Waals surface area contributed by atoms with E-state index >= 15 is 0 Å². The van der Waals surface area contributed by atoms with Crippen molar-refractivity contribution in [1.29, 1.82) is 0 Å². The zero-order valence-corrected chi connectivity index (χ0v) is 23.5. The number of benzene rings is 4. The van der Waals surface area contributed by atoms with Gasteiger partial charge in [-0.2, -0.15) is 0 Å². The van der Waals surface area contributed by atoms with Crippen molar-refractivity contribution in [2.24, 2.45) is 5.92 Å². The summed E-state index contributed by atoms with van der Waals surface area (Å²) in [6.45, 7) is 0.590. The predicted octanol–water partition coefficient (Wildman–Crippen LogP) is 7.35. The summed E-state index contributed by atoms with van der Waals surface area (Å²) in [6.07, 6.45) is 2.24. The second-order valence-corrected chi connectivity index (χ2v) is 11.5. The lowest BCUT2D eigenvalue weighted by Crippen LogP contribution is -2.45. The number of esters is 1. The molecule has 202 valence electrons. The Balaban J connectivity index is 0.000000148. The van der Waals surface area contributed by atoms with Gasteiger partial charge in [-0.05, 0) is 55.2 Å². The molecule has 0 bridgehead atoms. The van der Waals surface area contributed by atoms with Gasteiger partial charge in [0.25, 0.3) is 5.91 Å². The average molecular weight is 593 g/mol. The third-order valence-corrected chi connectivity index (χ3v) is 8.50. The van der Waals surface area contributed by atoms with E-state index in [1.807, 2.05) is 24.3 Å². The van der Waals surface area contributed by atoms with Crippen molar-refractivity contribution >= 4 is 46.7 Å². The molecular formula is C32H24Cl3NO4. The molecule has 0 saturated heterocycles. The number of amides is 1. The number of halogens is 3. The smallest absolute Gasteiger partial charge is 0.340 e. The van der Waals surface area contributed by atoms with Gasteiger partial charge in [0.1, 0.15) is 0 Å². The molecule has 0 radical (unpaired) electrons. The van der Waals surface area contributed by atoms with Gasteiger partial charge in [0.2, 0.25) is 5.06 Å². The Labute approximate surface area is 246 Å². The Morgan fingerprint density at radius 1 is 0.750 bits per heavy atom. The van der Waals surface area contributed by atoms with Crippen LogP contribution < -0.4 is 0 Å². The summed E-state index contributed by atoms with van der Waals surface area (Å²) in [6, 6.07) is 28.4. The minimum atomic E-state index is -1.40. The van der Waals surface area contributed by atoms with Crippen LogP contribution in [0, 0.1) is 5.92 Å². The summed E-state index contributed by atoms with van der Waals surface area (Å²) < 4.78 is 5.33. The minimum absolute atomic E-state index is 0.0973. The molecule has 1 fully saturated rings. The Morgan fingerprint density at radius 3 is 1.88 bits per heavy atom. The van der Waals surface area contributed by atoms with Crippen LogP contribution in [0.1, 0.15) is 55.8 Å². The standard InChI is InChI=1S/C18H16ClNO2.C14H8Cl2O2/c19-14-9-7-13(8-10-14)18(22)16-4-2-1-3-15(16)17(21)20(18)11-12-5-6-12;15-10-7-5-9(6-8-10)14(16)12-4-2-1-3-11(12)13(17)18-14/h1-4,7-10,12,22H,5-6,11H2;1-8H. The van der Waals surface area contributed by atoms with Crippen molar-refractivity contribution in [2.45, 2.75) is 23.6 Å². The lowest BCUT2D eigenvalue weighted by Gasteiger charge is -2.35. The van der Waals surface area contributed by atoms with E-state index in [9.17, 15) is 14.7 Å². The molecule has 0 aromatic heterocycles. The van der Waals surface area contributed by atoms with Gasteiger partial charge in [-0.3, -0.25) is 4.79 Å². The van der Waals surface area contributed by atoms with Gasteiger partial charge in [-0.15, -0.1) is 0 Å². The van der Waals surface area contributed by atoms with Crippen molar-refractivity contribution < 1.29 is 19.4 Å². The maximum Gasteiger partial charge on any atom is 0.340 e. The minimum Gasteiger partial charge on any atom is -0.431 e. The number of hydrogen-bond donors (Lipinski definition) is 1. The first-order chi connectivity index (χ1) is 19.2. The summed E-state index contributed by atoms with van der Waals surface area (Å²) in [5, 5.41) is 11.4. The van der Waals surface area contributed by atoms with Crippen LogP contribution in [0.2, 0.25) is 10.0 Å². The molecule has 1 amide bonds. The highest BCUT2D eigenvalue weighted by atomic mass is 35.5. The first kappa shape index (κ1) is 26.9. The average Bonchev–Trinajstić information content (AvgIpc) is 3.72. The molecule has 2 heterocycles. The topological polar surface area (TPSA) is 66.8 Å². The van der Waals surface area contributed by atoms with Gasteiger partial charge in [-0.25, -0.2) is 4.79 Å². The Bertz CT molecular complexity index is 1600. The zero-order valence-electron chi connectivity index (χ0n) is 21.2. The maximum atomic E-state index is 12.8. The summed E-state index contributed by atoms with van der Waals surface area (Å²) in [4.78, 5) is 26.2. The third-order valence-electron chi connectivity index (χ3n) is 7.50. The molecule has 0 spiro atoms. The number of alkyl halides is 1. The molecule has 5 nitrogen and oxygen atoms in total. The Hall–Kier alpha value is -3.35. The molecule has 4 aromatic carbocycles. The SMILES string of the molecule is O=C1OC(Cl)(c2ccc(Cl)cc2)c2ccccc21.O=C1c2ccccc2C(O)(c2ccc(Cl)cc2)N1CC1CC1. The van der Waals surface area contributed by atoms with Crippen LogP contribution >= 0.6 is 34.8 Å². The zero-order chi connectivity index (χ0) is 28.1. The molecule has 1 aliphatic carbocycles. The van der Waals surface area contributed by atoms with Crippen molar-refractivity contribution in [3.8, 4) is 0 Å². The van der Waals surface area contributed by atoms with Crippen LogP contribution in [0.5, 0.6) is 0 Å². The Kier molecular flexibility index (Phi) is 6.87. The number of fused-ring (bicyclic) bond motifs is 2. The lowest BCUT2D eigenvalue weighted by atomic mass is 9.94. The highest BCUT2D eigenvalue weighted by molar-refractivity contribution is 6.31. The van der Waals surface area contributed by atoms with Crippen molar-refractivity contribution in [1.82, 2.24) is 4.90 Å². The van der Waals surface area contributed by atoms with E-state index < -0.39 is 16.8 Å². The van der Waals surface area contributed by atoms with Crippen LogP contribution in [-0.2, 0) is 15.5 Å². The molecule has 4 aromatic rings. The molecule has 1 N–H and O–H groups in total. The molecule has 3 aliphatic rings. The van der Waals surface area contributed by atoms with Crippen molar-refractivity contribution in [2.75, 3.05) is 6.54 Å². The molecule has 40 heavy (non-hydrogen) atoms. The predicted molar refractivity (Wildman–Crippen MR) is 155 cm³/mol. The molecular weight excluding hydrogens is 569 g/mol. The normalized spacial score (nSPS) is 22.8. The first-order valence-electron chi connectivity index (χ1n) is 12.9. The number of hydrogen-bond acceptors (Lipinski definition) is 4. The van der Waals surface area contributed by atoms with Gasteiger partial charge in [0.05, 0.1) is 5.56 Å². The van der Waals surface area contributed by atoms with E-state index in [0.717, 1.165) is 12.8 Å². The van der Waals surface area contributed by atoms with Gasteiger partial charge >= 0.3 is 5.97 Å². The number of cyclic esters (lactones) is 1. The van der Waals surface area contributed by atoms with E-state index in [1.54, 1.807) is 77.7 Å². The number of ether oxygens (including phenoxy) is 1. The monoisotopic (exact) mass is 591 g/mol. The van der Waals surface area contributed by atoms with Crippen LogP contribution in [-0.4, -0.2) is 28.4 Å². The highest BCUT2D eigenvalue weighted by Crippen LogP contribution is 2.46. The van der Waals surface area contributed by atoms with Gasteiger partial charge < -0.3 is 14.7 Å². The Morgan fingerprint density at radius 2 is 1.27 bits per heavy atom. The van der Waals surface area contributed by atoms with Crippen LogP contribution in [0.25, 0.3) is 0 Å². The third kappa shape index (κ3) is 4.57. The fraction of sp³-hybridized carbons (Fsp3) is 0.188. The first-order valence-corrected chi connectivity index (χ1v) is 14.0. The van der Waals surface area contributed by atoms with E-state index in [1.165, 1.54) is 0 Å². The fourth-order valence-electron chi connectivity index (χ4n) is 5.24. The number of nitrogens with zero attached hydrogens (tertiary/aromatic N) is 1. The van der Waals surface area contributed by atoms with Crippen LogP contribution in [0.4, 0.5) is 0 Å². The number of aliphatic hydroxyl groups is 1. The molecule has 7 rings (SSSR count). The maximum absolute atomic E-state index is 12.8. The largest absolute Gasteiger partial charge is 0.431 e. The highest BCUT2D eigenvalue weighted by Gasteiger charge is 2.51. The molecule has 1 saturated carbocycles. The summed E-state index contributed by atoms with van der Waals surface area (Å²) >= 11 is 18.3. The second-order valence-electron chi connectivity index (χ2n) is 10.1. The van der Waals surface area contributed by atoms with Gasteiger partial charge in [0, 0.05) is 44.4 Å². The molecule has 8 heteroatoms. The molecule has 2 unspecified atom stereocenters. The van der Waals surface area contributed by atoms with Gasteiger partial charge in [0.15, 0.2) is 5.72 Å². The molecule has 2 atom stereocenters. The fourth-order valence-corrected chi connectivity index (χ4v) is 5.85. The number of carbonyl (C=O) groups is 2. The van der Waals surface area contributed by atoms with Crippen LogP contribution in [0.15, 0.2) is 97.1 Å². The lowest BCUT2D eigenvalue weighted by molar-refractivity contribution is -0.0518. The van der Waals surface area contributed by atoms with Crippen LogP contribution in [0.3, 0.4) is 0 Å². The van der Waals surface area contributed by atoms with E-state index in [2.05, 4.69) is 0 Å². The number of carbonyl (C=O) groups excluding carboxylic acids is 2. The summed E-state index contributed by atoms with van der Waals surface area (Å²) in [5.41, 5.74) is 2.37. The summed E-state index contributed by atoms with van der Waals surface area (Å²) in [7, 11) is 0. The number of rotatable bonds is 4. The van der Waals surface area contributed by atoms with E-state index in [0.29, 0.717) is 55.9 Å².